The van der Waals surface area contributed by atoms with Crippen molar-refractivity contribution in [1.82, 2.24) is 10.2 Å². The highest BCUT2D eigenvalue weighted by atomic mass is 16.6. The van der Waals surface area contributed by atoms with E-state index in [1.54, 1.807) is 0 Å². The first-order valence-electron chi connectivity index (χ1n) is 8.19. The highest BCUT2D eigenvalue weighted by molar-refractivity contribution is 5.69. The summed E-state index contributed by atoms with van der Waals surface area (Å²) in [6.07, 6.45) is 8.69. The highest BCUT2D eigenvalue weighted by Crippen LogP contribution is 2.22. The zero-order chi connectivity index (χ0) is 14.6. The van der Waals surface area contributed by atoms with E-state index >= 15 is 0 Å². The predicted octanol–water partition coefficient (Wildman–Crippen LogP) is 3.31. The third-order valence-corrected chi connectivity index (χ3v) is 4.25. The van der Waals surface area contributed by atoms with Crippen molar-refractivity contribution in [1.29, 1.82) is 0 Å². The summed E-state index contributed by atoms with van der Waals surface area (Å²) >= 11 is 0. The number of hydrogen-bond donors (Lipinski definition) is 1. The van der Waals surface area contributed by atoms with Crippen molar-refractivity contribution in [3.8, 4) is 0 Å². The van der Waals surface area contributed by atoms with Gasteiger partial charge in [0.05, 0.1) is 0 Å². The number of hydrogen-bond acceptors (Lipinski definition) is 3. The number of carbonyl (C=O) groups excluding carboxylic acids is 1. The van der Waals surface area contributed by atoms with Gasteiger partial charge in [-0.1, -0.05) is 19.3 Å². The van der Waals surface area contributed by atoms with Gasteiger partial charge in [-0.15, -0.1) is 0 Å². The first-order chi connectivity index (χ1) is 9.46. The molecule has 4 heteroatoms. The summed E-state index contributed by atoms with van der Waals surface area (Å²) in [5.74, 6) is 0. The Kier molecular flexibility index (Phi) is 5.30. The van der Waals surface area contributed by atoms with Crippen LogP contribution in [0.4, 0.5) is 4.79 Å². The molecule has 0 bridgehead atoms. The molecule has 4 nitrogen and oxygen atoms in total. The van der Waals surface area contributed by atoms with Crippen molar-refractivity contribution in [3.63, 3.8) is 0 Å². The molecular formula is C16H30N2O2. The molecule has 0 aromatic heterocycles. The Morgan fingerprint density at radius 2 is 1.85 bits per heavy atom. The van der Waals surface area contributed by atoms with E-state index in [0.29, 0.717) is 12.1 Å². The number of carbonyl (C=O) groups is 1. The quantitative estimate of drug-likeness (QED) is 0.863. The van der Waals surface area contributed by atoms with Crippen LogP contribution in [0, 0.1) is 0 Å². The summed E-state index contributed by atoms with van der Waals surface area (Å²) in [6.45, 7) is 7.54. The molecule has 20 heavy (non-hydrogen) atoms. The van der Waals surface area contributed by atoms with Gasteiger partial charge >= 0.3 is 6.09 Å². The van der Waals surface area contributed by atoms with Crippen LogP contribution in [0.3, 0.4) is 0 Å². The van der Waals surface area contributed by atoms with Crippen LogP contribution in [-0.4, -0.2) is 41.8 Å². The van der Waals surface area contributed by atoms with Gasteiger partial charge in [0.1, 0.15) is 5.60 Å². The lowest BCUT2D eigenvalue weighted by atomic mass is 9.95. The molecule has 1 aliphatic heterocycles. The second-order valence-corrected chi connectivity index (χ2v) is 7.21. The number of likely N-dealkylation sites (tertiary alicyclic amines) is 1. The third-order valence-electron chi connectivity index (χ3n) is 4.25. The molecule has 2 fully saturated rings. The van der Waals surface area contributed by atoms with Crippen molar-refractivity contribution in [2.24, 2.45) is 0 Å². The van der Waals surface area contributed by atoms with Crippen molar-refractivity contribution >= 4 is 6.09 Å². The standard InChI is InChI=1S/C16H30N2O2/c1-16(2,3)20-15(19)18-11-7-10-14(18)12-17-13-8-5-4-6-9-13/h13-14,17H,4-12H2,1-3H3/t14-/m1/s1. The predicted molar refractivity (Wildman–Crippen MR) is 80.8 cm³/mol. The zero-order valence-corrected chi connectivity index (χ0v) is 13.3. The molecule has 2 rings (SSSR count). The molecule has 1 atom stereocenters. The Hall–Kier alpha value is -0.770. The SMILES string of the molecule is CC(C)(C)OC(=O)N1CCC[C@@H]1CNC1CCCCC1. The molecule has 2 aliphatic rings. The Labute approximate surface area is 123 Å². The Morgan fingerprint density at radius 3 is 2.50 bits per heavy atom. The van der Waals surface area contributed by atoms with Gasteiger partial charge in [0.25, 0.3) is 0 Å². The van der Waals surface area contributed by atoms with Crippen LogP contribution >= 0.6 is 0 Å². The largest absolute Gasteiger partial charge is 0.444 e. The molecule has 0 aromatic rings. The average molecular weight is 282 g/mol. The number of amides is 1. The fourth-order valence-corrected chi connectivity index (χ4v) is 3.22. The summed E-state index contributed by atoms with van der Waals surface area (Å²) in [5, 5.41) is 3.66. The van der Waals surface area contributed by atoms with E-state index in [4.69, 9.17) is 4.74 Å². The van der Waals surface area contributed by atoms with Crippen LogP contribution in [0.5, 0.6) is 0 Å². The first-order valence-corrected chi connectivity index (χ1v) is 8.19. The maximum absolute atomic E-state index is 12.2. The minimum atomic E-state index is -0.402. The number of ether oxygens (including phenoxy) is 1. The van der Waals surface area contributed by atoms with E-state index in [0.717, 1.165) is 25.9 Å². The summed E-state index contributed by atoms with van der Waals surface area (Å²) in [6, 6.07) is 0.969. The molecule has 116 valence electrons. The van der Waals surface area contributed by atoms with Crippen LogP contribution in [0.1, 0.15) is 65.7 Å². The lowest BCUT2D eigenvalue weighted by Crippen LogP contribution is -2.46. The number of nitrogens with zero attached hydrogens (tertiary/aromatic N) is 1. The third kappa shape index (κ3) is 4.65. The second kappa shape index (κ2) is 6.79. The van der Waals surface area contributed by atoms with Crippen molar-refractivity contribution in [3.05, 3.63) is 0 Å². The van der Waals surface area contributed by atoms with Crippen molar-refractivity contribution in [2.45, 2.75) is 83.4 Å². The van der Waals surface area contributed by atoms with E-state index < -0.39 is 5.60 Å². The fourth-order valence-electron chi connectivity index (χ4n) is 3.22. The molecule has 1 saturated carbocycles. The lowest BCUT2D eigenvalue weighted by molar-refractivity contribution is 0.0224. The normalized spacial score (nSPS) is 24.9. The summed E-state index contributed by atoms with van der Waals surface area (Å²) in [4.78, 5) is 14.1. The molecule has 1 saturated heterocycles. The van der Waals surface area contributed by atoms with Gasteiger partial charge in [-0.2, -0.15) is 0 Å². The van der Waals surface area contributed by atoms with Gasteiger partial charge in [0, 0.05) is 25.2 Å². The van der Waals surface area contributed by atoms with Crippen molar-refractivity contribution < 1.29 is 9.53 Å². The van der Waals surface area contributed by atoms with Crippen LogP contribution in [0.15, 0.2) is 0 Å². The Bertz CT molecular complexity index is 319. The molecule has 1 aliphatic carbocycles. The minimum Gasteiger partial charge on any atom is -0.444 e. The van der Waals surface area contributed by atoms with Gasteiger partial charge in [-0.25, -0.2) is 4.79 Å². The number of rotatable bonds is 3. The van der Waals surface area contributed by atoms with E-state index in [1.165, 1.54) is 32.1 Å². The fraction of sp³-hybridized carbons (Fsp3) is 0.938. The van der Waals surface area contributed by atoms with Crippen LogP contribution < -0.4 is 5.32 Å². The van der Waals surface area contributed by atoms with Crippen molar-refractivity contribution in [2.75, 3.05) is 13.1 Å². The maximum Gasteiger partial charge on any atom is 0.410 e. The van der Waals surface area contributed by atoms with Gasteiger partial charge in [0.15, 0.2) is 0 Å². The van der Waals surface area contributed by atoms with E-state index in [1.807, 2.05) is 25.7 Å². The topological polar surface area (TPSA) is 41.6 Å². The summed E-state index contributed by atoms with van der Waals surface area (Å²) in [7, 11) is 0. The first kappa shape index (κ1) is 15.6. The Morgan fingerprint density at radius 1 is 1.15 bits per heavy atom. The molecule has 0 unspecified atom stereocenters. The molecule has 0 radical (unpaired) electrons. The van der Waals surface area contributed by atoms with E-state index in [9.17, 15) is 4.79 Å². The molecule has 1 amide bonds. The lowest BCUT2D eigenvalue weighted by Gasteiger charge is -2.30. The average Bonchev–Trinajstić information content (AvgIpc) is 2.84. The number of nitrogens with one attached hydrogen (secondary N) is 1. The summed E-state index contributed by atoms with van der Waals surface area (Å²) in [5.41, 5.74) is -0.402. The summed E-state index contributed by atoms with van der Waals surface area (Å²) < 4.78 is 5.50. The zero-order valence-electron chi connectivity index (χ0n) is 13.3. The maximum atomic E-state index is 12.2. The van der Waals surface area contributed by atoms with Crippen LogP contribution in [0.2, 0.25) is 0 Å². The minimum absolute atomic E-state index is 0.148. The molecule has 0 spiro atoms. The highest BCUT2D eigenvalue weighted by Gasteiger charge is 2.32. The van der Waals surface area contributed by atoms with Crippen LogP contribution in [0.25, 0.3) is 0 Å². The molecule has 0 aromatic carbocycles. The second-order valence-electron chi connectivity index (χ2n) is 7.21. The van der Waals surface area contributed by atoms with E-state index in [2.05, 4.69) is 5.32 Å². The Balaban J connectivity index is 1.79. The van der Waals surface area contributed by atoms with Crippen LogP contribution in [-0.2, 0) is 4.74 Å². The van der Waals surface area contributed by atoms with Gasteiger partial charge in [-0.3, -0.25) is 0 Å². The smallest absolute Gasteiger partial charge is 0.410 e. The monoisotopic (exact) mass is 282 g/mol. The van der Waals surface area contributed by atoms with Gasteiger partial charge in [0.2, 0.25) is 0 Å². The molecule has 1 heterocycles. The van der Waals surface area contributed by atoms with Gasteiger partial charge < -0.3 is 15.0 Å². The molecular weight excluding hydrogens is 252 g/mol. The van der Waals surface area contributed by atoms with E-state index in [-0.39, 0.29) is 6.09 Å². The van der Waals surface area contributed by atoms with Gasteiger partial charge in [-0.05, 0) is 46.5 Å². The molecule has 1 N–H and O–H groups in total.